The molecule has 4 rings (SSSR count). The number of ether oxygens (including phenoxy) is 2. The summed E-state index contributed by atoms with van der Waals surface area (Å²) < 4.78 is 50.5. The van der Waals surface area contributed by atoms with Gasteiger partial charge in [0.2, 0.25) is 5.91 Å². The number of hydrogen-bond donors (Lipinski definition) is 1. The van der Waals surface area contributed by atoms with Gasteiger partial charge in [0.25, 0.3) is 0 Å². The van der Waals surface area contributed by atoms with Gasteiger partial charge in [-0.3, -0.25) is 4.79 Å². The van der Waals surface area contributed by atoms with Crippen LogP contribution in [0.5, 0.6) is 5.75 Å². The van der Waals surface area contributed by atoms with Crippen LogP contribution in [0.15, 0.2) is 54.6 Å². The molecule has 1 amide bonds. The number of amides is 1. The van der Waals surface area contributed by atoms with Crippen molar-refractivity contribution in [3.8, 4) is 5.75 Å². The Balaban J connectivity index is 1.56. The summed E-state index contributed by atoms with van der Waals surface area (Å²) in [7, 11) is 5.49. The predicted octanol–water partition coefficient (Wildman–Crippen LogP) is 4.91. The zero-order valence-corrected chi connectivity index (χ0v) is 20.8. The molecule has 5 nitrogen and oxygen atoms in total. The minimum Gasteiger partial charge on any atom is -0.497 e. The van der Waals surface area contributed by atoms with Crippen molar-refractivity contribution < 1.29 is 27.4 Å². The fourth-order valence-electron chi connectivity index (χ4n) is 5.89. The molecule has 1 aliphatic carbocycles. The van der Waals surface area contributed by atoms with E-state index in [1.807, 2.05) is 12.1 Å². The molecule has 0 radical (unpaired) electrons. The van der Waals surface area contributed by atoms with Gasteiger partial charge in [0, 0.05) is 37.1 Å². The van der Waals surface area contributed by atoms with E-state index in [0.717, 1.165) is 43.8 Å². The highest BCUT2D eigenvalue weighted by Gasteiger charge is 2.52. The molecule has 0 spiro atoms. The third-order valence-corrected chi connectivity index (χ3v) is 7.67. The second kappa shape index (κ2) is 10.6. The number of nitrogens with one attached hydrogen (secondary N) is 1. The Morgan fingerprint density at radius 1 is 1.17 bits per heavy atom. The molecule has 4 atom stereocenters. The van der Waals surface area contributed by atoms with Crippen molar-refractivity contribution in [3.05, 3.63) is 71.3 Å². The molecule has 0 bridgehead atoms. The standard InChI is InChI=1S/C28H33F3N2O3/c1-33-13-12-27(20-7-5-9-23(15-20)35-2)17-22(16-25(36-3)24(27)18-33)32-26(34)11-10-19-6-4-8-21(14-19)28(29,30)31/h4-11,14-15,22,24-25H,12-13,16-18H2,1-3H3,(H,32,34)/b11-10+. The zero-order chi connectivity index (χ0) is 25.9. The number of alkyl halides is 3. The Morgan fingerprint density at radius 2 is 1.94 bits per heavy atom. The maximum Gasteiger partial charge on any atom is 0.416 e. The van der Waals surface area contributed by atoms with E-state index in [2.05, 4.69) is 29.4 Å². The quantitative estimate of drug-likeness (QED) is 0.571. The molecule has 1 aliphatic heterocycles. The van der Waals surface area contributed by atoms with Gasteiger partial charge in [-0.2, -0.15) is 13.2 Å². The summed E-state index contributed by atoms with van der Waals surface area (Å²) in [6, 6.07) is 12.9. The molecule has 36 heavy (non-hydrogen) atoms. The number of benzene rings is 2. The lowest BCUT2D eigenvalue weighted by atomic mass is 9.57. The van der Waals surface area contributed by atoms with Crippen molar-refractivity contribution in [2.45, 2.75) is 43.0 Å². The smallest absolute Gasteiger partial charge is 0.416 e. The van der Waals surface area contributed by atoms with Crippen molar-refractivity contribution in [2.24, 2.45) is 5.92 Å². The zero-order valence-electron chi connectivity index (χ0n) is 20.8. The average Bonchev–Trinajstić information content (AvgIpc) is 2.87. The van der Waals surface area contributed by atoms with Crippen molar-refractivity contribution in [3.63, 3.8) is 0 Å². The lowest BCUT2D eigenvalue weighted by Crippen LogP contribution is -2.60. The fourth-order valence-corrected chi connectivity index (χ4v) is 5.89. The number of carbonyl (C=O) groups is 1. The molecule has 2 aromatic rings. The van der Waals surface area contributed by atoms with Gasteiger partial charge < -0.3 is 19.7 Å². The molecule has 1 N–H and O–H groups in total. The normalized spacial score (nSPS) is 27.0. The Morgan fingerprint density at radius 3 is 2.67 bits per heavy atom. The van der Waals surface area contributed by atoms with Gasteiger partial charge in [-0.15, -0.1) is 0 Å². The highest BCUT2D eigenvalue weighted by Crippen LogP contribution is 2.50. The summed E-state index contributed by atoms with van der Waals surface area (Å²) in [4.78, 5) is 15.2. The number of nitrogens with zero attached hydrogens (tertiary/aromatic N) is 1. The lowest BCUT2D eigenvalue weighted by molar-refractivity contribution is -0.137. The van der Waals surface area contributed by atoms with E-state index in [0.29, 0.717) is 12.0 Å². The van der Waals surface area contributed by atoms with Gasteiger partial charge in [0.15, 0.2) is 0 Å². The molecule has 0 aromatic heterocycles. The first-order chi connectivity index (χ1) is 17.1. The van der Waals surface area contributed by atoms with Gasteiger partial charge >= 0.3 is 6.18 Å². The van der Waals surface area contributed by atoms with Crippen LogP contribution < -0.4 is 10.1 Å². The van der Waals surface area contributed by atoms with Crippen LogP contribution >= 0.6 is 0 Å². The number of hydrogen-bond acceptors (Lipinski definition) is 4. The summed E-state index contributed by atoms with van der Waals surface area (Å²) in [6.45, 7) is 1.83. The Kier molecular flexibility index (Phi) is 7.76. The fraction of sp³-hybridized carbons (Fsp3) is 0.464. The van der Waals surface area contributed by atoms with Crippen LogP contribution in [0.2, 0.25) is 0 Å². The molecule has 1 heterocycles. The summed E-state index contributed by atoms with van der Waals surface area (Å²) in [6.07, 6.45) is 0.584. The Bertz CT molecular complexity index is 1100. The van der Waals surface area contributed by atoms with Crippen molar-refractivity contribution in [2.75, 3.05) is 34.4 Å². The molecular formula is C28H33F3N2O3. The molecule has 194 valence electrons. The number of piperidine rings is 1. The van der Waals surface area contributed by atoms with Crippen LogP contribution in [0.3, 0.4) is 0 Å². The first-order valence-corrected chi connectivity index (χ1v) is 12.2. The van der Waals surface area contributed by atoms with E-state index < -0.39 is 11.7 Å². The van der Waals surface area contributed by atoms with Gasteiger partial charge in [-0.1, -0.05) is 24.3 Å². The summed E-state index contributed by atoms with van der Waals surface area (Å²) in [5.41, 5.74) is 0.568. The van der Waals surface area contributed by atoms with Crippen molar-refractivity contribution in [1.29, 1.82) is 0 Å². The number of halogens is 3. The van der Waals surface area contributed by atoms with Gasteiger partial charge in [-0.25, -0.2) is 0 Å². The predicted molar refractivity (Wildman–Crippen MR) is 133 cm³/mol. The van der Waals surface area contributed by atoms with Gasteiger partial charge in [-0.05, 0) is 74.3 Å². The van der Waals surface area contributed by atoms with Crippen molar-refractivity contribution in [1.82, 2.24) is 10.2 Å². The minimum atomic E-state index is -4.43. The molecule has 4 unspecified atom stereocenters. The largest absolute Gasteiger partial charge is 0.497 e. The van der Waals surface area contributed by atoms with Crippen LogP contribution in [-0.2, 0) is 21.1 Å². The number of methoxy groups -OCH3 is 2. The van der Waals surface area contributed by atoms with E-state index in [9.17, 15) is 18.0 Å². The third-order valence-electron chi connectivity index (χ3n) is 7.67. The minimum absolute atomic E-state index is 0.0505. The highest BCUT2D eigenvalue weighted by molar-refractivity contribution is 5.92. The third kappa shape index (κ3) is 5.60. The molecule has 2 aliphatic rings. The molecule has 2 fully saturated rings. The second-order valence-electron chi connectivity index (χ2n) is 9.88. The summed E-state index contributed by atoms with van der Waals surface area (Å²) in [5.74, 6) is 0.713. The Labute approximate surface area is 210 Å². The summed E-state index contributed by atoms with van der Waals surface area (Å²) in [5, 5.41) is 3.09. The van der Waals surface area contributed by atoms with E-state index in [1.165, 1.54) is 23.8 Å². The SMILES string of the molecule is COc1cccc(C23CCN(C)CC2C(OC)CC(NC(=O)/C=C/c2cccc(C(F)(F)F)c2)C3)c1. The summed E-state index contributed by atoms with van der Waals surface area (Å²) >= 11 is 0. The van der Waals surface area contributed by atoms with Crippen LogP contribution in [0.1, 0.15) is 36.0 Å². The van der Waals surface area contributed by atoms with Gasteiger partial charge in [0.05, 0.1) is 18.8 Å². The van der Waals surface area contributed by atoms with Crippen molar-refractivity contribution >= 4 is 12.0 Å². The lowest BCUT2D eigenvalue weighted by Gasteiger charge is -2.55. The van der Waals surface area contributed by atoms with Crippen LogP contribution in [-0.4, -0.2) is 57.3 Å². The van der Waals surface area contributed by atoms with Crippen LogP contribution in [0.25, 0.3) is 6.08 Å². The number of likely N-dealkylation sites (tertiary alicyclic amines) is 1. The monoisotopic (exact) mass is 502 g/mol. The van der Waals surface area contributed by atoms with E-state index in [1.54, 1.807) is 20.3 Å². The van der Waals surface area contributed by atoms with Crippen LogP contribution in [0.4, 0.5) is 13.2 Å². The highest BCUT2D eigenvalue weighted by atomic mass is 19.4. The Hall–Kier alpha value is -2.84. The number of carbonyl (C=O) groups excluding carboxylic acids is 1. The molecule has 8 heteroatoms. The molecule has 1 saturated heterocycles. The van der Waals surface area contributed by atoms with E-state index in [-0.39, 0.29) is 29.4 Å². The maximum atomic E-state index is 13.0. The van der Waals surface area contributed by atoms with E-state index in [4.69, 9.17) is 9.47 Å². The molecule has 2 aromatic carbocycles. The number of rotatable bonds is 6. The average molecular weight is 503 g/mol. The molecule has 1 saturated carbocycles. The first kappa shape index (κ1) is 26.2. The second-order valence-corrected chi connectivity index (χ2v) is 9.88. The molecular weight excluding hydrogens is 469 g/mol. The van der Waals surface area contributed by atoms with Gasteiger partial charge in [0.1, 0.15) is 5.75 Å². The number of fused-ring (bicyclic) bond motifs is 1. The first-order valence-electron chi connectivity index (χ1n) is 12.2. The van der Waals surface area contributed by atoms with Crippen LogP contribution in [0, 0.1) is 5.92 Å². The van der Waals surface area contributed by atoms with E-state index >= 15 is 0 Å². The maximum absolute atomic E-state index is 13.0. The topological polar surface area (TPSA) is 50.8 Å².